The van der Waals surface area contributed by atoms with E-state index in [1.165, 1.54) is 11.1 Å². The molecule has 0 N–H and O–H groups in total. The zero-order chi connectivity index (χ0) is 19.4. The first-order valence-corrected chi connectivity index (χ1v) is 10.6. The molecule has 0 aromatic heterocycles. The van der Waals surface area contributed by atoms with Crippen LogP contribution in [0.2, 0.25) is 5.02 Å². The predicted octanol–water partition coefficient (Wildman–Crippen LogP) is 5.43. The summed E-state index contributed by atoms with van der Waals surface area (Å²) in [6.45, 7) is 8.16. The summed E-state index contributed by atoms with van der Waals surface area (Å²) in [5.41, 5.74) is 3.57. The van der Waals surface area contributed by atoms with Gasteiger partial charge in [-0.25, -0.2) is 0 Å². The fraction of sp³-hybridized carbons (Fsp3) is 0.409. The van der Waals surface area contributed by atoms with E-state index in [-0.39, 0.29) is 16.7 Å². The zero-order valence-corrected chi connectivity index (χ0v) is 17.6. The Morgan fingerprint density at radius 2 is 1.85 bits per heavy atom. The Labute approximate surface area is 171 Å². The molecule has 0 radical (unpaired) electrons. The molecule has 0 spiro atoms. The number of hydrogen-bond donors (Lipinski definition) is 0. The molecule has 0 unspecified atom stereocenters. The summed E-state index contributed by atoms with van der Waals surface area (Å²) in [6.07, 6.45) is 0. The van der Waals surface area contributed by atoms with Crippen molar-refractivity contribution in [1.82, 2.24) is 4.90 Å². The van der Waals surface area contributed by atoms with Crippen LogP contribution in [0.1, 0.15) is 42.8 Å². The maximum Gasteiger partial charge on any atom is 0.233 e. The predicted molar refractivity (Wildman–Crippen MR) is 113 cm³/mol. The molecule has 1 saturated heterocycles. The van der Waals surface area contributed by atoms with Crippen LogP contribution in [0.5, 0.6) is 0 Å². The normalized spacial score (nSPS) is 17.6. The van der Waals surface area contributed by atoms with Crippen molar-refractivity contribution < 1.29 is 9.53 Å². The topological polar surface area (TPSA) is 29.5 Å². The molecule has 1 atom stereocenters. The van der Waals surface area contributed by atoms with Gasteiger partial charge < -0.3 is 9.64 Å². The van der Waals surface area contributed by atoms with Gasteiger partial charge in [-0.2, -0.15) is 0 Å². The van der Waals surface area contributed by atoms with Gasteiger partial charge in [-0.05, 0) is 28.2 Å². The van der Waals surface area contributed by atoms with E-state index < -0.39 is 0 Å². The molecule has 2 aromatic carbocycles. The lowest BCUT2D eigenvalue weighted by molar-refractivity contribution is -0.128. The van der Waals surface area contributed by atoms with Crippen LogP contribution >= 0.6 is 23.4 Å². The maximum absolute atomic E-state index is 12.3. The molecule has 5 heteroatoms. The Hall–Kier alpha value is -1.49. The SMILES string of the molecule is CC(C)(C)c1ccc([C@H]2SCC(=O)N2CCOCc2ccccc2Cl)cc1. The van der Waals surface area contributed by atoms with Crippen LogP contribution < -0.4 is 0 Å². The fourth-order valence-corrected chi connectivity index (χ4v) is 4.49. The number of nitrogens with zero attached hydrogens (tertiary/aromatic N) is 1. The summed E-state index contributed by atoms with van der Waals surface area (Å²) in [7, 11) is 0. The number of carbonyl (C=O) groups is 1. The lowest BCUT2D eigenvalue weighted by Crippen LogP contribution is -2.31. The van der Waals surface area contributed by atoms with Gasteiger partial charge in [0, 0.05) is 11.6 Å². The third-order valence-corrected chi connectivity index (χ3v) is 6.35. The Morgan fingerprint density at radius 1 is 1.15 bits per heavy atom. The highest BCUT2D eigenvalue weighted by Crippen LogP contribution is 2.39. The van der Waals surface area contributed by atoms with E-state index in [0.29, 0.717) is 30.5 Å². The summed E-state index contributed by atoms with van der Waals surface area (Å²) in [5.74, 6) is 0.696. The molecule has 0 bridgehead atoms. The van der Waals surface area contributed by atoms with Gasteiger partial charge in [0.05, 0.1) is 19.0 Å². The Morgan fingerprint density at radius 3 is 2.52 bits per heavy atom. The monoisotopic (exact) mass is 403 g/mol. The lowest BCUT2D eigenvalue weighted by Gasteiger charge is -2.25. The molecule has 1 amide bonds. The summed E-state index contributed by atoms with van der Waals surface area (Å²) in [6, 6.07) is 16.3. The molecule has 1 aliphatic rings. The minimum absolute atomic E-state index is 0.0652. The average Bonchev–Trinajstić information content (AvgIpc) is 3.00. The minimum Gasteiger partial charge on any atom is -0.375 e. The number of rotatable bonds is 6. The van der Waals surface area contributed by atoms with Gasteiger partial charge in [0.2, 0.25) is 5.91 Å². The Bertz CT molecular complexity index is 786. The third kappa shape index (κ3) is 5.07. The highest BCUT2D eigenvalue weighted by atomic mass is 35.5. The third-order valence-electron chi connectivity index (χ3n) is 4.72. The van der Waals surface area contributed by atoms with Crippen LogP contribution in [0.15, 0.2) is 48.5 Å². The zero-order valence-electron chi connectivity index (χ0n) is 16.1. The molecule has 3 rings (SSSR count). The van der Waals surface area contributed by atoms with Crippen LogP contribution in [-0.4, -0.2) is 29.7 Å². The first-order valence-electron chi connectivity index (χ1n) is 9.19. The molecule has 144 valence electrons. The number of halogens is 1. The van der Waals surface area contributed by atoms with E-state index in [2.05, 4.69) is 45.0 Å². The fourth-order valence-electron chi connectivity index (χ4n) is 3.08. The maximum atomic E-state index is 12.3. The van der Waals surface area contributed by atoms with Gasteiger partial charge in [0.1, 0.15) is 5.37 Å². The van der Waals surface area contributed by atoms with Crippen LogP contribution in [0.4, 0.5) is 0 Å². The molecule has 3 nitrogen and oxygen atoms in total. The minimum atomic E-state index is 0.0652. The molecular formula is C22H26ClNO2S. The molecule has 1 heterocycles. The number of thioether (sulfide) groups is 1. The van der Waals surface area contributed by atoms with Crippen molar-refractivity contribution in [2.75, 3.05) is 18.9 Å². The van der Waals surface area contributed by atoms with Crippen LogP contribution in [0.25, 0.3) is 0 Å². The van der Waals surface area contributed by atoms with E-state index in [1.807, 2.05) is 29.2 Å². The number of carbonyl (C=O) groups excluding carboxylic acids is 1. The highest BCUT2D eigenvalue weighted by molar-refractivity contribution is 8.00. The smallest absolute Gasteiger partial charge is 0.233 e. The second-order valence-electron chi connectivity index (χ2n) is 7.77. The summed E-state index contributed by atoms with van der Waals surface area (Å²) in [5, 5.41) is 0.776. The van der Waals surface area contributed by atoms with Crippen molar-refractivity contribution >= 4 is 29.3 Å². The quantitative estimate of drug-likeness (QED) is 0.602. The summed E-state index contributed by atoms with van der Waals surface area (Å²) in [4.78, 5) is 14.3. The van der Waals surface area contributed by atoms with Gasteiger partial charge in [0.15, 0.2) is 0 Å². The van der Waals surface area contributed by atoms with Crippen LogP contribution in [-0.2, 0) is 21.6 Å². The van der Waals surface area contributed by atoms with Crippen LogP contribution in [0, 0.1) is 0 Å². The van der Waals surface area contributed by atoms with E-state index in [4.69, 9.17) is 16.3 Å². The van der Waals surface area contributed by atoms with E-state index in [1.54, 1.807) is 11.8 Å². The van der Waals surface area contributed by atoms with E-state index >= 15 is 0 Å². The largest absolute Gasteiger partial charge is 0.375 e. The van der Waals surface area contributed by atoms with Crippen LogP contribution in [0.3, 0.4) is 0 Å². The van der Waals surface area contributed by atoms with E-state index in [0.717, 1.165) is 5.56 Å². The molecule has 0 aliphatic carbocycles. The Kier molecular flexibility index (Phi) is 6.51. The van der Waals surface area contributed by atoms with Gasteiger partial charge in [-0.15, -0.1) is 11.8 Å². The number of ether oxygens (including phenoxy) is 1. The van der Waals surface area contributed by atoms with E-state index in [9.17, 15) is 4.79 Å². The van der Waals surface area contributed by atoms with Crippen molar-refractivity contribution in [3.05, 3.63) is 70.2 Å². The first-order chi connectivity index (χ1) is 12.9. The first kappa shape index (κ1) is 20.2. The van der Waals surface area contributed by atoms with Crippen molar-refractivity contribution in [1.29, 1.82) is 0 Å². The van der Waals surface area contributed by atoms with Crippen molar-refractivity contribution in [3.63, 3.8) is 0 Å². The average molecular weight is 404 g/mol. The molecule has 27 heavy (non-hydrogen) atoms. The molecular weight excluding hydrogens is 378 g/mol. The molecule has 1 fully saturated rings. The number of benzene rings is 2. The van der Waals surface area contributed by atoms with Gasteiger partial charge in [-0.1, -0.05) is 74.8 Å². The van der Waals surface area contributed by atoms with Gasteiger partial charge >= 0.3 is 0 Å². The second-order valence-corrected chi connectivity index (χ2v) is 9.24. The molecule has 2 aromatic rings. The highest BCUT2D eigenvalue weighted by Gasteiger charge is 2.32. The second kappa shape index (κ2) is 8.68. The Balaban J connectivity index is 1.59. The standard InChI is InChI=1S/C22H26ClNO2S/c1-22(2,3)18-10-8-16(9-11-18)21-24(20(25)15-27-21)12-13-26-14-17-6-4-5-7-19(17)23/h4-11,21H,12-15H2,1-3H3/t21-/m1/s1. The van der Waals surface area contributed by atoms with Crippen molar-refractivity contribution in [2.24, 2.45) is 0 Å². The van der Waals surface area contributed by atoms with Gasteiger partial charge in [0.25, 0.3) is 0 Å². The number of hydrogen-bond acceptors (Lipinski definition) is 3. The molecule has 1 aliphatic heterocycles. The summed E-state index contributed by atoms with van der Waals surface area (Å²) < 4.78 is 5.77. The van der Waals surface area contributed by atoms with Gasteiger partial charge in [-0.3, -0.25) is 4.79 Å². The molecule has 0 saturated carbocycles. The summed E-state index contributed by atoms with van der Waals surface area (Å²) >= 11 is 7.84. The number of amides is 1. The van der Waals surface area contributed by atoms with Crippen molar-refractivity contribution in [2.45, 2.75) is 38.2 Å². The van der Waals surface area contributed by atoms with Crippen molar-refractivity contribution in [3.8, 4) is 0 Å². The lowest BCUT2D eigenvalue weighted by atomic mass is 9.87.